The largest absolute Gasteiger partial charge is 0.490 e. The summed E-state index contributed by atoms with van der Waals surface area (Å²) in [5.74, 6) is -0.262. The van der Waals surface area contributed by atoms with Crippen molar-refractivity contribution in [3.63, 3.8) is 0 Å². The van der Waals surface area contributed by atoms with Crippen molar-refractivity contribution < 1.29 is 23.9 Å². The Bertz CT molecular complexity index is 934. The van der Waals surface area contributed by atoms with Crippen LogP contribution in [0.2, 0.25) is 0 Å². The van der Waals surface area contributed by atoms with Gasteiger partial charge >= 0.3 is 5.97 Å². The molecule has 27 heavy (non-hydrogen) atoms. The zero-order valence-electron chi connectivity index (χ0n) is 14.8. The van der Waals surface area contributed by atoms with E-state index in [9.17, 15) is 14.4 Å². The number of aryl methyl sites for hydroxylation is 1. The molecule has 0 radical (unpaired) electrons. The Labute approximate surface area is 160 Å². The number of hydrogen-bond acceptors (Lipinski definition) is 6. The van der Waals surface area contributed by atoms with E-state index in [2.05, 4.69) is 5.32 Å². The predicted molar refractivity (Wildman–Crippen MR) is 103 cm³/mol. The Balaban J connectivity index is 1.84. The Morgan fingerprint density at radius 2 is 1.85 bits per heavy atom. The van der Waals surface area contributed by atoms with Gasteiger partial charge in [-0.25, -0.2) is 4.79 Å². The summed E-state index contributed by atoms with van der Waals surface area (Å²) >= 11 is 0.836. The second-order valence-corrected chi connectivity index (χ2v) is 6.76. The number of esters is 1. The number of hydrogen-bond donors (Lipinski definition) is 1. The average Bonchev–Trinajstić information content (AvgIpc) is 2.95. The van der Waals surface area contributed by atoms with Crippen LogP contribution in [0.15, 0.2) is 47.4 Å². The monoisotopic (exact) mass is 383 g/mol. The molecule has 0 unspecified atom stereocenters. The van der Waals surface area contributed by atoms with Gasteiger partial charge in [0.2, 0.25) is 0 Å². The fourth-order valence-electron chi connectivity index (χ4n) is 2.39. The van der Waals surface area contributed by atoms with Crippen LogP contribution in [0.5, 0.6) is 11.5 Å². The van der Waals surface area contributed by atoms with Crippen LogP contribution in [-0.2, 0) is 4.79 Å². The van der Waals surface area contributed by atoms with E-state index < -0.39 is 17.1 Å². The summed E-state index contributed by atoms with van der Waals surface area (Å²) in [7, 11) is 0. The second-order valence-electron chi connectivity index (χ2n) is 5.75. The highest BCUT2D eigenvalue weighted by molar-refractivity contribution is 8.18. The van der Waals surface area contributed by atoms with Gasteiger partial charge in [0, 0.05) is 0 Å². The molecule has 1 heterocycles. The third-order valence-electron chi connectivity index (χ3n) is 3.70. The summed E-state index contributed by atoms with van der Waals surface area (Å²) in [6, 6.07) is 12.0. The van der Waals surface area contributed by atoms with E-state index in [0.29, 0.717) is 28.4 Å². The van der Waals surface area contributed by atoms with Gasteiger partial charge in [0.05, 0.1) is 17.1 Å². The van der Waals surface area contributed by atoms with Crippen LogP contribution >= 0.6 is 11.8 Å². The number of benzene rings is 2. The lowest BCUT2D eigenvalue weighted by Crippen LogP contribution is -2.17. The van der Waals surface area contributed by atoms with Gasteiger partial charge in [-0.2, -0.15) is 0 Å². The fourth-order valence-corrected chi connectivity index (χ4v) is 3.07. The molecule has 2 aromatic carbocycles. The highest BCUT2D eigenvalue weighted by Crippen LogP contribution is 2.32. The number of amides is 2. The average molecular weight is 383 g/mol. The molecule has 2 aromatic rings. The van der Waals surface area contributed by atoms with Gasteiger partial charge in [-0.3, -0.25) is 14.9 Å². The molecule has 7 heteroatoms. The van der Waals surface area contributed by atoms with Gasteiger partial charge < -0.3 is 9.47 Å². The SMILES string of the molecule is CCOc1cc(/C=C2\SC(=O)NC2=O)ccc1OC(=O)c1ccc(C)cc1. The number of rotatable bonds is 5. The number of carbonyl (C=O) groups excluding carboxylic acids is 3. The van der Waals surface area contributed by atoms with Gasteiger partial charge in [0.1, 0.15) is 0 Å². The molecule has 1 saturated heterocycles. The molecule has 0 aromatic heterocycles. The summed E-state index contributed by atoms with van der Waals surface area (Å²) < 4.78 is 11.0. The zero-order chi connectivity index (χ0) is 19.4. The Morgan fingerprint density at radius 1 is 1.11 bits per heavy atom. The van der Waals surface area contributed by atoms with Gasteiger partial charge in [-0.15, -0.1) is 0 Å². The van der Waals surface area contributed by atoms with Crippen LogP contribution in [0.4, 0.5) is 4.79 Å². The third-order valence-corrected chi connectivity index (χ3v) is 4.51. The maximum absolute atomic E-state index is 12.3. The zero-order valence-corrected chi connectivity index (χ0v) is 15.6. The number of imide groups is 1. The minimum absolute atomic E-state index is 0.282. The van der Waals surface area contributed by atoms with Crippen molar-refractivity contribution >= 4 is 35.0 Å². The lowest BCUT2D eigenvalue weighted by molar-refractivity contribution is -0.115. The van der Waals surface area contributed by atoms with Crippen LogP contribution in [0, 0.1) is 6.92 Å². The van der Waals surface area contributed by atoms with Crippen molar-refractivity contribution in [2.45, 2.75) is 13.8 Å². The van der Waals surface area contributed by atoms with Crippen LogP contribution < -0.4 is 14.8 Å². The predicted octanol–water partition coefficient (Wildman–Crippen LogP) is 3.94. The molecule has 1 aliphatic heterocycles. The van der Waals surface area contributed by atoms with Gasteiger partial charge in [-0.05, 0) is 61.5 Å². The van der Waals surface area contributed by atoms with Gasteiger partial charge in [0.15, 0.2) is 11.5 Å². The van der Waals surface area contributed by atoms with Crippen molar-refractivity contribution in [3.8, 4) is 11.5 Å². The van der Waals surface area contributed by atoms with Crippen LogP contribution in [0.3, 0.4) is 0 Å². The normalized spacial score (nSPS) is 15.0. The van der Waals surface area contributed by atoms with Gasteiger partial charge in [0.25, 0.3) is 11.1 Å². The van der Waals surface area contributed by atoms with E-state index in [1.54, 1.807) is 36.4 Å². The van der Waals surface area contributed by atoms with E-state index in [1.807, 2.05) is 26.0 Å². The summed E-state index contributed by atoms with van der Waals surface area (Å²) in [6.07, 6.45) is 1.58. The van der Waals surface area contributed by atoms with Gasteiger partial charge in [-0.1, -0.05) is 23.8 Å². The molecule has 138 valence electrons. The summed E-state index contributed by atoms with van der Waals surface area (Å²) in [5, 5.41) is 1.80. The Kier molecular flexibility index (Phi) is 5.61. The topological polar surface area (TPSA) is 81.7 Å². The summed E-state index contributed by atoms with van der Waals surface area (Å²) in [5.41, 5.74) is 2.14. The van der Waals surface area contributed by atoms with E-state index in [0.717, 1.165) is 17.3 Å². The number of carbonyl (C=O) groups is 3. The molecular formula is C20H17NO5S. The smallest absolute Gasteiger partial charge is 0.343 e. The first kappa shape index (κ1) is 18.7. The molecule has 1 aliphatic rings. The first-order valence-electron chi connectivity index (χ1n) is 8.27. The number of ether oxygens (including phenoxy) is 2. The minimum Gasteiger partial charge on any atom is -0.490 e. The van der Waals surface area contributed by atoms with E-state index in [-0.39, 0.29) is 5.75 Å². The van der Waals surface area contributed by atoms with E-state index >= 15 is 0 Å². The molecule has 0 bridgehead atoms. The lowest BCUT2D eigenvalue weighted by atomic mass is 10.1. The Hall–Kier alpha value is -3.06. The van der Waals surface area contributed by atoms with Crippen LogP contribution in [0.1, 0.15) is 28.4 Å². The molecule has 0 spiro atoms. The van der Waals surface area contributed by atoms with Crippen molar-refractivity contribution in [2.75, 3.05) is 6.61 Å². The first-order chi connectivity index (χ1) is 13.0. The second kappa shape index (κ2) is 8.09. The lowest BCUT2D eigenvalue weighted by Gasteiger charge is -2.11. The highest BCUT2D eigenvalue weighted by Gasteiger charge is 2.25. The molecule has 3 rings (SSSR count). The Morgan fingerprint density at radius 3 is 2.48 bits per heavy atom. The summed E-state index contributed by atoms with van der Waals surface area (Å²) in [4.78, 5) is 35.6. The van der Waals surface area contributed by atoms with Crippen LogP contribution in [-0.4, -0.2) is 23.7 Å². The van der Waals surface area contributed by atoms with Crippen molar-refractivity contribution in [1.82, 2.24) is 5.32 Å². The van der Waals surface area contributed by atoms with Crippen molar-refractivity contribution in [2.24, 2.45) is 0 Å². The molecule has 1 N–H and O–H groups in total. The third kappa shape index (κ3) is 4.57. The molecule has 6 nitrogen and oxygen atoms in total. The standard InChI is InChI=1S/C20H17NO5S/c1-3-25-16-10-13(11-17-18(22)21-20(24)27-17)6-9-15(16)26-19(23)14-7-4-12(2)5-8-14/h4-11H,3H2,1-2H3,(H,21,22,24)/b17-11-. The van der Waals surface area contributed by atoms with E-state index in [1.165, 1.54) is 0 Å². The molecule has 1 fully saturated rings. The minimum atomic E-state index is -0.488. The van der Waals surface area contributed by atoms with Crippen molar-refractivity contribution in [3.05, 3.63) is 64.1 Å². The molecule has 2 amide bonds. The van der Waals surface area contributed by atoms with Crippen molar-refractivity contribution in [1.29, 1.82) is 0 Å². The molecular weight excluding hydrogens is 366 g/mol. The number of thioether (sulfide) groups is 1. The number of nitrogens with one attached hydrogen (secondary N) is 1. The molecule has 0 atom stereocenters. The highest BCUT2D eigenvalue weighted by atomic mass is 32.2. The molecule has 0 aliphatic carbocycles. The maximum Gasteiger partial charge on any atom is 0.343 e. The molecule has 0 saturated carbocycles. The quantitative estimate of drug-likeness (QED) is 0.478. The maximum atomic E-state index is 12.3. The van der Waals surface area contributed by atoms with Crippen LogP contribution in [0.25, 0.3) is 6.08 Å². The first-order valence-corrected chi connectivity index (χ1v) is 9.08. The summed E-state index contributed by atoms with van der Waals surface area (Å²) in [6.45, 7) is 4.13. The van der Waals surface area contributed by atoms with E-state index in [4.69, 9.17) is 9.47 Å². The fraction of sp³-hybridized carbons (Fsp3) is 0.150.